The van der Waals surface area contributed by atoms with Gasteiger partial charge in [0.05, 0.1) is 5.57 Å². The van der Waals surface area contributed by atoms with Crippen LogP contribution in [0.15, 0.2) is 23.3 Å². The number of rotatable bonds is 3. The third-order valence-corrected chi connectivity index (χ3v) is 8.14. The number of carbonyl (C=O) groups is 3. The van der Waals surface area contributed by atoms with Crippen molar-refractivity contribution in [3.63, 3.8) is 0 Å². The molecule has 0 spiro atoms. The number of nitrogens with zero attached hydrogens (tertiary/aromatic N) is 1. The Bertz CT molecular complexity index is 844. The summed E-state index contributed by atoms with van der Waals surface area (Å²) in [4.78, 5) is 39.4. The molecule has 0 aromatic heterocycles. The second-order valence-electron chi connectivity index (χ2n) is 10.0. The number of carbonyl (C=O) groups excluding carboxylic acids is 2. The van der Waals surface area contributed by atoms with Gasteiger partial charge in [0.25, 0.3) is 5.91 Å². The van der Waals surface area contributed by atoms with Gasteiger partial charge in [-0.1, -0.05) is 38.8 Å². The summed E-state index contributed by atoms with van der Waals surface area (Å²) in [7, 11) is 0. The van der Waals surface area contributed by atoms with Gasteiger partial charge in [0, 0.05) is 12.5 Å². The maximum atomic E-state index is 13.7. The average Bonchev–Trinajstić information content (AvgIpc) is 3.08. The van der Waals surface area contributed by atoms with Crippen LogP contribution in [0.2, 0.25) is 0 Å². The van der Waals surface area contributed by atoms with Crippen LogP contribution in [-0.2, 0) is 14.4 Å². The number of amides is 1. The lowest BCUT2D eigenvalue weighted by Crippen LogP contribution is -2.48. The van der Waals surface area contributed by atoms with Crippen molar-refractivity contribution < 1.29 is 24.6 Å². The SMILES string of the molecule is CC1=CC2(C)CC(C)CCC2C(C(=O)C2=CC3(O)C(C(=O)O)CCN3C2=O)C1C. The van der Waals surface area contributed by atoms with Gasteiger partial charge in [0.15, 0.2) is 11.5 Å². The molecule has 7 atom stereocenters. The molecule has 1 amide bonds. The van der Waals surface area contributed by atoms with Crippen molar-refractivity contribution in [2.45, 2.75) is 59.1 Å². The zero-order valence-electron chi connectivity index (χ0n) is 17.6. The Balaban J connectivity index is 1.71. The fourth-order valence-electron chi connectivity index (χ4n) is 6.61. The van der Waals surface area contributed by atoms with E-state index >= 15 is 0 Å². The Morgan fingerprint density at radius 2 is 1.86 bits per heavy atom. The van der Waals surface area contributed by atoms with E-state index in [0.717, 1.165) is 24.2 Å². The smallest absolute Gasteiger partial charge is 0.311 e. The van der Waals surface area contributed by atoms with Crippen LogP contribution >= 0.6 is 0 Å². The van der Waals surface area contributed by atoms with E-state index in [1.165, 1.54) is 11.6 Å². The summed E-state index contributed by atoms with van der Waals surface area (Å²) in [5.41, 5.74) is -0.815. The minimum absolute atomic E-state index is 0.0167. The van der Waals surface area contributed by atoms with Crippen molar-refractivity contribution in [3.8, 4) is 0 Å². The van der Waals surface area contributed by atoms with Gasteiger partial charge in [0.1, 0.15) is 5.92 Å². The van der Waals surface area contributed by atoms with Gasteiger partial charge in [-0.15, -0.1) is 0 Å². The molecule has 1 saturated carbocycles. The van der Waals surface area contributed by atoms with Gasteiger partial charge in [-0.05, 0) is 55.4 Å². The number of hydrogen-bond acceptors (Lipinski definition) is 4. The highest BCUT2D eigenvalue weighted by molar-refractivity contribution is 6.22. The number of Topliss-reactive ketones (excluding diaryl/α,β-unsaturated/α-hetero) is 1. The van der Waals surface area contributed by atoms with E-state index in [1.807, 2.05) is 6.92 Å². The second kappa shape index (κ2) is 6.53. The topological polar surface area (TPSA) is 94.9 Å². The Labute approximate surface area is 171 Å². The molecule has 2 aliphatic heterocycles. The Hall–Kier alpha value is -1.95. The number of ketones is 1. The molecule has 4 rings (SSSR count). The third kappa shape index (κ3) is 2.82. The van der Waals surface area contributed by atoms with Crippen LogP contribution < -0.4 is 0 Å². The van der Waals surface area contributed by atoms with Gasteiger partial charge in [0.2, 0.25) is 0 Å². The fourth-order valence-corrected chi connectivity index (χ4v) is 6.61. The highest BCUT2D eigenvalue weighted by Gasteiger charge is 2.59. The largest absolute Gasteiger partial charge is 0.481 e. The highest BCUT2D eigenvalue weighted by Crippen LogP contribution is 2.55. The van der Waals surface area contributed by atoms with Gasteiger partial charge >= 0.3 is 5.97 Å². The minimum atomic E-state index is -1.89. The monoisotopic (exact) mass is 401 g/mol. The first kappa shape index (κ1) is 20.3. The van der Waals surface area contributed by atoms with Crippen LogP contribution in [0.5, 0.6) is 0 Å². The van der Waals surface area contributed by atoms with Crippen LogP contribution in [0.3, 0.4) is 0 Å². The van der Waals surface area contributed by atoms with E-state index in [1.54, 1.807) is 0 Å². The summed E-state index contributed by atoms with van der Waals surface area (Å²) >= 11 is 0. The molecule has 0 aromatic carbocycles. The van der Waals surface area contributed by atoms with E-state index in [4.69, 9.17) is 0 Å². The fraction of sp³-hybridized carbons (Fsp3) is 0.696. The lowest BCUT2D eigenvalue weighted by molar-refractivity contribution is -0.156. The quantitative estimate of drug-likeness (QED) is 0.560. The number of aliphatic carboxylic acids is 1. The molecule has 7 unspecified atom stereocenters. The van der Waals surface area contributed by atoms with Crippen LogP contribution in [0.4, 0.5) is 0 Å². The number of aliphatic hydroxyl groups is 1. The molecule has 0 bridgehead atoms. The molecule has 29 heavy (non-hydrogen) atoms. The van der Waals surface area contributed by atoms with Crippen molar-refractivity contribution in [2.24, 2.45) is 35.0 Å². The first-order chi connectivity index (χ1) is 13.5. The van der Waals surface area contributed by atoms with Crippen LogP contribution in [0.25, 0.3) is 0 Å². The average molecular weight is 402 g/mol. The molecule has 2 fully saturated rings. The molecule has 2 aliphatic carbocycles. The van der Waals surface area contributed by atoms with Crippen LogP contribution in [-0.4, -0.2) is 45.0 Å². The first-order valence-electron chi connectivity index (χ1n) is 10.7. The van der Waals surface area contributed by atoms with E-state index in [9.17, 15) is 24.6 Å². The highest BCUT2D eigenvalue weighted by atomic mass is 16.4. The molecule has 2 N–H and O–H groups in total. The van der Waals surface area contributed by atoms with Crippen molar-refractivity contribution in [1.29, 1.82) is 0 Å². The molecule has 1 saturated heterocycles. The maximum Gasteiger partial charge on any atom is 0.311 e. The number of carboxylic acid groups (broad SMARTS) is 1. The molecule has 2 heterocycles. The second-order valence-corrected chi connectivity index (χ2v) is 10.0. The number of carboxylic acids is 1. The minimum Gasteiger partial charge on any atom is -0.481 e. The van der Waals surface area contributed by atoms with Gasteiger partial charge < -0.3 is 15.1 Å². The first-order valence-corrected chi connectivity index (χ1v) is 10.7. The molecule has 158 valence electrons. The van der Waals surface area contributed by atoms with Crippen molar-refractivity contribution in [2.75, 3.05) is 6.54 Å². The summed E-state index contributed by atoms with van der Waals surface area (Å²) in [6.45, 7) is 8.72. The lowest BCUT2D eigenvalue weighted by atomic mass is 9.53. The molecule has 6 heteroatoms. The summed E-state index contributed by atoms with van der Waals surface area (Å²) in [6.07, 6.45) is 6.79. The van der Waals surface area contributed by atoms with Crippen LogP contribution in [0.1, 0.15) is 53.4 Å². The standard InChI is InChI=1S/C23H31NO5/c1-12-5-6-16-18(14(3)13(2)10-22(16,4)9-12)19(25)15-11-23(29)17(21(27)28)7-8-24(23)20(15)26/h10-12,14,16-18,29H,5-9H2,1-4H3,(H,27,28). The van der Waals surface area contributed by atoms with E-state index in [0.29, 0.717) is 5.92 Å². The molecule has 0 aromatic rings. The maximum absolute atomic E-state index is 13.7. The van der Waals surface area contributed by atoms with Crippen LogP contribution in [0, 0.1) is 35.0 Å². The van der Waals surface area contributed by atoms with Crippen molar-refractivity contribution in [1.82, 2.24) is 4.90 Å². The third-order valence-electron chi connectivity index (χ3n) is 8.14. The zero-order chi connectivity index (χ0) is 21.3. The Morgan fingerprint density at radius 1 is 1.17 bits per heavy atom. The lowest BCUT2D eigenvalue weighted by Gasteiger charge is -2.51. The van der Waals surface area contributed by atoms with Crippen molar-refractivity contribution in [3.05, 3.63) is 23.3 Å². The molecule has 4 aliphatic rings. The van der Waals surface area contributed by atoms with Gasteiger partial charge in [-0.2, -0.15) is 0 Å². The van der Waals surface area contributed by atoms with E-state index in [-0.39, 0.29) is 47.5 Å². The summed E-state index contributed by atoms with van der Waals surface area (Å²) < 4.78 is 0. The van der Waals surface area contributed by atoms with E-state index in [2.05, 4.69) is 26.8 Å². The van der Waals surface area contributed by atoms with E-state index < -0.39 is 23.5 Å². The normalized spacial score (nSPS) is 44.1. The number of fused-ring (bicyclic) bond motifs is 2. The van der Waals surface area contributed by atoms with Gasteiger partial charge in [-0.3, -0.25) is 14.4 Å². The molecular weight excluding hydrogens is 370 g/mol. The zero-order valence-corrected chi connectivity index (χ0v) is 17.6. The summed E-state index contributed by atoms with van der Waals surface area (Å²) in [5, 5.41) is 20.4. The molecule has 0 radical (unpaired) electrons. The molecular formula is C23H31NO5. The van der Waals surface area contributed by atoms with Crippen molar-refractivity contribution >= 4 is 17.7 Å². The predicted octanol–water partition coefficient (Wildman–Crippen LogP) is 2.77. The number of allylic oxidation sites excluding steroid dienone is 2. The summed E-state index contributed by atoms with van der Waals surface area (Å²) in [5.74, 6) is -2.55. The van der Waals surface area contributed by atoms with Gasteiger partial charge in [-0.25, -0.2) is 0 Å². The predicted molar refractivity (Wildman–Crippen MR) is 107 cm³/mol. The summed E-state index contributed by atoms with van der Waals surface area (Å²) in [6, 6.07) is 0. The number of hydrogen-bond donors (Lipinski definition) is 2. The molecule has 6 nitrogen and oxygen atoms in total. The Kier molecular flexibility index (Phi) is 4.57. The Morgan fingerprint density at radius 3 is 2.52 bits per heavy atom.